The maximum absolute atomic E-state index is 11.2. The second-order valence-corrected chi connectivity index (χ2v) is 4.83. The van der Waals surface area contributed by atoms with Crippen molar-refractivity contribution >= 4 is 27.4 Å². The Morgan fingerprint density at radius 1 is 1.47 bits per heavy atom. The lowest BCUT2D eigenvalue weighted by Gasteiger charge is -2.05. The molecule has 0 fully saturated rings. The first-order valence-electron chi connectivity index (χ1n) is 3.85. The molecule has 0 radical (unpaired) electrons. The van der Waals surface area contributed by atoms with E-state index in [1.165, 1.54) is 19.1 Å². The Morgan fingerprint density at radius 3 is 2.53 bits per heavy atom. The predicted molar refractivity (Wildman–Crippen MR) is 53.6 cm³/mol. The van der Waals surface area contributed by atoms with E-state index in [2.05, 4.69) is 0 Å². The van der Waals surface area contributed by atoms with E-state index < -0.39 is 10.0 Å². The molecule has 0 saturated carbocycles. The molecule has 5 nitrogen and oxygen atoms in total. The van der Waals surface area contributed by atoms with Crippen molar-refractivity contribution in [3.05, 3.63) is 28.8 Å². The van der Waals surface area contributed by atoms with Crippen LogP contribution in [0.2, 0.25) is 5.02 Å². The van der Waals surface area contributed by atoms with Crippen LogP contribution in [0.4, 0.5) is 0 Å². The summed E-state index contributed by atoms with van der Waals surface area (Å²) in [5.74, 6) is -0.291. The lowest BCUT2D eigenvalue weighted by molar-refractivity contribution is 0.101. The van der Waals surface area contributed by atoms with Gasteiger partial charge in [-0.1, -0.05) is 16.5 Å². The number of carbonyl (C=O) groups excluding carboxylic acids is 1. The average Bonchev–Trinajstić information content (AvgIpc) is 2.17. The third-order valence-electron chi connectivity index (χ3n) is 1.75. The predicted octanol–water partition coefficient (Wildman–Crippen LogP) is 1.21. The first-order chi connectivity index (χ1) is 6.88. The normalized spacial score (nSPS) is 11.4. The van der Waals surface area contributed by atoms with Gasteiger partial charge in [-0.25, -0.2) is 8.42 Å². The molecule has 0 heterocycles. The first-order valence-corrected chi connectivity index (χ1v) is 5.71. The topological polar surface area (TPSA) is 83.5 Å². The van der Waals surface area contributed by atoms with E-state index in [4.69, 9.17) is 16.8 Å². The van der Waals surface area contributed by atoms with E-state index in [1.807, 2.05) is 0 Å². The van der Waals surface area contributed by atoms with Crippen molar-refractivity contribution in [2.45, 2.75) is 11.8 Å². The van der Waals surface area contributed by atoms with Crippen LogP contribution in [0.1, 0.15) is 17.3 Å². The molecule has 1 rings (SSSR count). The minimum atomic E-state index is -4.06. The second-order valence-electron chi connectivity index (χ2n) is 2.80. The number of Topliss-reactive ketones (excluding diaryl/α,β-unsaturated/α-hetero) is 1. The summed E-state index contributed by atoms with van der Waals surface area (Å²) in [6, 6.07) is 3.78. The molecule has 0 saturated heterocycles. The van der Waals surface area contributed by atoms with E-state index in [-0.39, 0.29) is 21.3 Å². The Hall–Kier alpha value is -0.950. The van der Waals surface area contributed by atoms with Gasteiger partial charge in [0.1, 0.15) is 4.90 Å². The van der Waals surface area contributed by atoms with Crippen molar-refractivity contribution in [3.63, 3.8) is 0 Å². The van der Waals surface area contributed by atoms with Crippen LogP contribution < -0.4 is 4.89 Å². The summed E-state index contributed by atoms with van der Waals surface area (Å²) in [4.78, 5) is 11.8. The van der Waals surface area contributed by atoms with E-state index >= 15 is 0 Å². The number of benzene rings is 1. The third kappa shape index (κ3) is 2.54. The van der Waals surface area contributed by atoms with Gasteiger partial charge < -0.3 is 5.21 Å². The van der Waals surface area contributed by atoms with E-state index in [1.54, 1.807) is 0 Å². The summed E-state index contributed by atoms with van der Waals surface area (Å²) in [6.07, 6.45) is 0. The Balaban J connectivity index is 3.42. The number of carbonyl (C=O) groups is 1. The zero-order valence-electron chi connectivity index (χ0n) is 7.69. The third-order valence-corrected chi connectivity index (χ3v) is 3.35. The number of nitrogens with one attached hydrogen (secondary N) is 1. The average molecular weight is 250 g/mol. The molecule has 0 aliphatic rings. The fourth-order valence-electron chi connectivity index (χ4n) is 0.977. The summed E-state index contributed by atoms with van der Waals surface area (Å²) in [6.45, 7) is 1.30. The molecular weight excluding hydrogens is 242 g/mol. The largest absolute Gasteiger partial charge is 0.302 e. The van der Waals surface area contributed by atoms with Gasteiger partial charge in [-0.3, -0.25) is 4.79 Å². The van der Waals surface area contributed by atoms with E-state index in [9.17, 15) is 13.2 Å². The van der Waals surface area contributed by atoms with Crippen LogP contribution in [0.25, 0.3) is 0 Å². The summed E-state index contributed by atoms with van der Waals surface area (Å²) >= 11 is 5.62. The minimum absolute atomic E-state index is 0.0680. The highest BCUT2D eigenvalue weighted by atomic mass is 35.5. The maximum atomic E-state index is 11.2. The Morgan fingerprint density at radius 2 is 2.07 bits per heavy atom. The number of rotatable bonds is 3. The number of hydrogen-bond acceptors (Lipinski definition) is 4. The Bertz CT molecular complexity index is 497. The van der Waals surface area contributed by atoms with Crippen LogP contribution in [-0.2, 0) is 10.0 Å². The zero-order chi connectivity index (χ0) is 11.6. The SMILES string of the molecule is CC(=O)c1ccc(Cl)c(S(=O)(=O)NO)c1. The summed E-state index contributed by atoms with van der Waals surface area (Å²) in [7, 11) is -4.06. The fourth-order valence-corrected chi connectivity index (χ4v) is 2.10. The molecule has 1 aromatic carbocycles. The van der Waals surface area contributed by atoms with Crippen molar-refractivity contribution in [1.29, 1.82) is 0 Å². The molecule has 0 aliphatic heterocycles. The van der Waals surface area contributed by atoms with Gasteiger partial charge in [-0.05, 0) is 25.1 Å². The highest BCUT2D eigenvalue weighted by molar-refractivity contribution is 7.89. The Kier molecular flexibility index (Phi) is 3.46. The van der Waals surface area contributed by atoms with Crippen LogP contribution in [0.3, 0.4) is 0 Å². The van der Waals surface area contributed by atoms with Gasteiger partial charge in [0.2, 0.25) is 0 Å². The molecule has 15 heavy (non-hydrogen) atoms. The van der Waals surface area contributed by atoms with Gasteiger partial charge in [0.25, 0.3) is 10.0 Å². The zero-order valence-corrected chi connectivity index (χ0v) is 9.26. The minimum Gasteiger partial charge on any atom is -0.302 e. The lowest BCUT2D eigenvalue weighted by Crippen LogP contribution is -2.20. The van der Waals surface area contributed by atoms with Gasteiger partial charge in [0, 0.05) is 5.56 Å². The highest BCUT2D eigenvalue weighted by Crippen LogP contribution is 2.22. The molecule has 0 atom stereocenters. The molecule has 0 aromatic heterocycles. The first kappa shape index (κ1) is 12.1. The molecule has 0 amide bonds. The molecule has 1 aromatic rings. The molecule has 0 bridgehead atoms. The van der Waals surface area contributed by atoms with Gasteiger partial charge >= 0.3 is 0 Å². The van der Waals surface area contributed by atoms with Crippen LogP contribution in [0, 0.1) is 0 Å². The molecule has 2 N–H and O–H groups in total. The number of hydrogen-bond donors (Lipinski definition) is 2. The van der Waals surface area contributed by atoms with Crippen molar-refractivity contribution in [2.75, 3.05) is 0 Å². The van der Waals surface area contributed by atoms with E-state index in [0.29, 0.717) is 0 Å². The molecule has 0 spiro atoms. The molecule has 7 heteroatoms. The van der Waals surface area contributed by atoms with Crippen molar-refractivity contribution in [1.82, 2.24) is 4.89 Å². The quantitative estimate of drug-likeness (QED) is 0.623. The van der Waals surface area contributed by atoms with Crippen molar-refractivity contribution in [2.24, 2.45) is 0 Å². The van der Waals surface area contributed by atoms with Crippen LogP contribution >= 0.6 is 11.6 Å². The lowest BCUT2D eigenvalue weighted by atomic mass is 10.1. The van der Waals surface area contributed by atoms with Crippen molar-refractivity contribution in [3.8, 4) is 0 Å². The highest BCUT2D eigenvalue weighted by Gasteiger charge is 2.18. The number of sulfonamides is 1. The van der Waals surface area contributed by atoms with Gasteiger partial charge in [0.05, 0.1) is 5.02 Å². The molecule has 0 aliphatic carbocycles. The summed E-state index contributed by atoms with van der Waals surface area (Å²) in [5, 5.41) is 8.35. The van der Waals surface area contributed by atoms with Crippen molar-refractivity contribution < 1.29 is 18.4 Å². The van der Waals surface area contributed by atoms with Crippen LogP contribution in [0.5, 0.6) is 0 Å². The van der Waals surface area contributed by atoms with E-state index in [0.717, 1.165) is 11.0 Å². The Labute approximate surface area is 91.7 Å². The van der Waals surface area contributed by atoms with Crippen LogP contribution in [0.15, 0.2) is 23.1 Å². The molecule has 0 unspecified atom stereocenters. The van der Waals surface area contributed by atoms with Gasteiger partial charge in [0.15, 0.2) is 5.78 Å². The monoisotopic (exact) mass is 249 g/mol. The van der Waals surface area contributed by atoms with Gasteiger partial charge in [-0.2, -0.15) is 0 Å². The number of ketones is 1. The van der Waals surface area contributed by atoms with Crippen LogP contribution in [-0.4, -0.2) is 19.4 Å². The summed E-state index contributed by atoms with van der Waals surface area (Å²) in [5.41, 5.74) is 0.202. The second kappa shape index (κ2) is 4.28. The van der Waals surface area contributed by atoms with Gasteiger partial charge in [-0.15, -0.1) is 0 Å². The smallest absolute Gasteiger partial charge is 0.263 e. The standard InChI is InChI=1S/C8H8ClNO4S/c1-5(11)6-2-3-7(9)8(4-6)15(13,14)10-12/h2-4,10,12H,1H3. The summed E-state index contributed by atoms with van der Waals surface area (Å²) < 4.78 is 22.5. The maximum Gasteiger partial charge on any atom is 0.263 e. The molecule has 82 valence electrons. The fraction of sp³-hybridized carbons (Fsp3) is 0.125. The molecular formula is C8H8ClNO4S. The number of halogens is 1.